The van der Waals surface area contributed by atoms with Gasteiger partial charge in [-0.1, -0.05) is 13.8 Å². The third-order valence-electron chi connectivity index (χ3n) is 3.22. The number of aryl methyl sites for hydroxylation is 1. The number of fused-ring (bicyclic) bond motifs is 1. The second-order valence-corrected chi connectivity index (χ2v) is 4.40. The van der Waals surface area contributed by atoms with Gasteiger partial charge in [-0.2, -0.15) is 8.78 Å². The molecule has 1 nitrogen and oxygen atoms in total. The van der Waals surface area contributed by atoms with E-state index in [-0.39, 0.29) is 11.3 Å². The highest BCUT2D eigenvalue weighted by atomic mass is 19.3. The molecule has 1 aliphatic rings. The van der Waals surface area contributed by atoms with Crippen LogP contribution in [0, 0.1) is 18.7 Å². The van der Waals surface area contributed by atoms with Gasteiger partial charge in [0, 0.05) is 5.56 Å². The first kappa shape index (κ1) is 11.3. The number of halogens is 3. The minimum atomic E-state index is -3.23. The summed E-state index contributed by atoms with van der Waals surface area (Å²) in [6.45, 7) is 4.61. The fraction of sp³-hybridized carbons (Fsp3) is 0.500. The maximum atomic E-state index is 13.7. The third kappa shape index (κ3) is 1.56. The Balaban J connectivity index is 2.59. The van der Waals surface area contributed by atoms with Crippen LogP contribution in [-0.4, -0.2) is 6.11 Å². The number of alkyl halides is 2. The average Bonchev–Trinajstić information content (AvgIpc) is 2.12. The molecule has 0 saturated carbocycles. The van der Waals surface area contributed by atoms with E-state index in [0.717, 1.165) is 0 Å². The van der Waals surface area contributed by atoms with E-state index in [1.54, 1.807) is 13.8 Å². The van der Waals surface area contributed by atoms with Crippen LogP contribution in [0.2, 0.25) is 0 Å². The first-order valence-electron chi connectivity index (χ1n) is 5.20. The third-order valence-corrected chi connectivity index (χ3v) is 3.22. The van der Waals surface area contributed by atoms with Crippen LogP contribution >= 0.6 is 0 Å². The van der Waals surface area contributed by atoms with Crippen molar-refractivity contribution in [1.82, 2.24) is 0 Å². The van der Waals surface area contributed by atoms with E-state index < -0.39 is 23.8 Å². The Morgan fingerprint density at radius 2 is 1.88 bits per heavy atom. The zero-order chi connectivity index (χ0) is 12.1. The molecule has 1 aliphatic heterocycles. The number of rotatable bonds is 0. The maximum absolute atomic E-state index is 13.7. The molecule has 0 aromatic heterocycles. The molecule has 16 heavy (non-hydrogen) atoms. The summed E-state index contributed by atoms with van der Waals surface area (Å²) in [6.07, 6.45) is -3.23. The van der Waals surface area contributed by atoms with Crippen molar-refractivity contribution >= 4 is 0 Å². The topological polar surface area (TPSA) is 9.23 Å². The van der Waals surface area contributed by atoms with Crippen LogP contribution in [0.15, 0.2) is 12.1 Å². The summed E-state index contributed by atoms with van der Waals surface area (Å²) < 4.78 is 45.2. The van der Waals surface area contributed by atoms with Gasteiger partial charge in [0.05, 0.1) is 5.92 Å². The Morgan fingerprint density at radius 3 is 2.50 bits per heavy atom. The smallest absolute Gasteiger partial charge is 0.401 e. The molecule has 4 heteroatoms. The van der Waals surface area contributed by atoms with Crippen LogP contribution < -0.4 is 4.74 Å². The molecular weight excluding hydrogens is 217 g/mol. The summed E-state index contributed by atoms with van der Waals surface area (Å²) in [5, 5.41) is 0. The van der Waals surface area contributed by atoms with E-state index in [2.05, 4.69) is 4.74 Å². The summed E-state index contributed by atoms with van der Waals surface area (Å²) >= 11 is 0. The first-order chi connectivity index (χ1) is 7.33. The van der Waals surface area contributed by atoms with E-state index in [1.165, 1.54) is 19.1 Å². The molecule has 2 unspecified atom stereocenters. The van der Waals surface area contributed by atoms with Crippen molar-refractivity contribution in [2.45, 2.75) is 32.8 Å². The Bertz CT molecular complexity index is 429. The Hall–Kier alpha value is -1.19. The lowest BCUT2D eigenvalue weighted by atomic mass is 9.84. The van der Waals surface area contributed by atoms with Crippen LogP contribution in [-0.2, 0) is 0 Å². The van der Waals surface area contributed by atoms with E-state index in [4.69, 9.17) is 0 Å². The molecular formula is C12H13F3O. The van der Waals surface area contributed by atoms with Crippen molar-refractivity contribution < 1.29 is 17.9 Å². The average molecular weight is 230 g/mol. The van der Waals surface area contributed by atoms with Crippen molar-refractivity contribution in [2.24, 2.45) is 5.92 Å². The number of ether oxygens (including phenoxy) is 1. The molecule has 0 radical (unpaired) electrons. The van der Waals surface area contributed by atoms with Gasteiger partial charge in [0.15, 0.2) is 0 Å². The molecule has 1 aromatic carbocycles. The highest BCUT2D eigenvalue weighted by molar-refractivity contribution is 5.42. The summed E-state index contributed by atoms with van der Waals surface area (Å²) in [4.78, 5) is 0. The van der Waals surface area contributed by atoms with Crippen LogP contribution in [0.3, 0.4) is 0 Å². The molecule has 0 saturated heterocycles. The molecule has 0 fully saturated rings. The zero-order valence-corrected chi connectivity index (χ0v) is 9.35. The fourth-order valence-electron chi connectivity index (χ4n) is 2.03. The summed E-state index contributed by atoms with van der Waals surface area (Å²) in [7, 11) is 0. The lowest BCUT2D eigenvalue weighted by Gasteiger charge is -2.35. The lowest BCUT2D eigenvalue weighted by molar-refractivity contribution is -0.225. The summed E-state index contributed by atoms with van der Waals surface area (Å²) in [6, 6.07) is 2.80. The Labute approximate surface area is 92.2 Å². The SMILES string of the molecule is Cc1cc(F)c2c(c1)OC(F)(F)C(C)C2C. The molecule has 0 N–H and O–H groups in total. The van der Waals surface area contributed by atoms with E-state index >= 15 is 0 Å². The van der Waals surface area contributed by atoms with Gasteiger partial charge < -0.3 is 4.74 Å². The van der Waals surface area contributed by atoms with E-state index in [0.29, 0.717) is 5.56 Å². The van der Waals surface area contributed by atoms with Crippen molar-refractivity contribution in [3.8, 4) is 5.75 Å². The molecule has 0 spiro atoms. The van der Waals surface area contributed by atoms with Crippen LogP contribution in [0.4, 0.5) is 13.2 Å². The summed E-state index contributed by atoms with van der Waals surface area (Å²) in [5.74, 6) is -2.09. The van der Waals surface area contributed by atoms with Gasteiger partial charge in [-0.15, -0.1) is 0 Å². The Morgan fingerprint density at radius 1 is 1.25 bits per heavy atom. The monoisotopic (exact) mass is 230 g/mol. The molecule has 2 rings (SSSR count). The van der Waals surface area contributed by atoms with E-state index in [1.807, 2.05) is 0 Å². The molecule has 0 aliphatic carbocycles. The van der Waals surface area contributed by atoms with Crippen molar-refractivity contribution in [1.29, 1.82) is 0 Å². The minimum absolute atomic E-state index is 0.0342. The number of hydrogen-bond donors (Lipinski definition) is 0. The second-order valence-electron chi connectivity index (χ2n) is 4.40. The van der Waals surface area contributed by atoms with Crippen LogP contribution in [0.1, 0.15) is 30.9 Å². The van der Waals surface area contributed by atoms with Gasteiger partial charge in [0.25, 0.3) is 0 Å². The van der Waals surface area contributed by atoms with Gasteiger partial charge in [-0.3, -0.25) is 0 Å². The molecule has 2 atom stereocenters. The van der Waals surface area contributed by atoms with Gasteiger partial charge >= 0.3 is 6.11 Å². The summed E-state index contributed by atoms with van der Waals surface area (Å²) in [5.41, 5.74) is 0.831. The standard InChI is InChI=1S/C12H13F3O/c1-6-4-9(13)11-7(2)8(3)12(14,15)16-10(11)5-6/h4-5,7-8H,1-3H3. The predicted molar refractivity (Wildman–Crippen MR) is 54.3 cm³/mol. The van der Waals surface area contributed by atoms with Gasteiger partial charge in [0.2, 0.25) is 0 Å². The largest absolute Gasteiger partial charge is 0.432 e. The molecule has 88 valence electrons. The lowest BCUT2D eigenvalue weighted by Crippen LogP contribution is -2.40. The van der Waals surface area contributed by atoms with Crippen LogP contribution in [0.25, 0.3) is 0 Å². The predicted octanol–water partition coefficient (Wildman–Crippen LogP) is 3.86. The molecule has 1 aromatic rings. The fourth-order valence-corrected chi connectivity index (χ4v) is 2.03. The van der Waals surface area contributed by atoms with Gasteiger partial charge in [0.1, 0.15) is 11.6 Å². The highest BCUT2D eigenvalue weighted by Crippen LogP contribution is 2.47. The highest BCUT2D eigenvalue weighted by Gasteiger charge is 2.48. The van der Waals surface area contributed by atoms with Crippen molar-refractivity contribution in [2.75, 3.05) is 0 Å². The Kier molecular flexibility index (Phi) is 2.40. The first-order valence-corrected chi connectivity index (χ1v) is 5.20. The maximum Gasteiger partial charge on any atom is 0.401 e. The quantitative estimate of drug-likeness (QED) is 0.657. The number of benzene rings is 1. The molecule has 0 amide bonds. The van der Waals surface area contributed by atoms with Gasteiger partial charge in [-0.25, -0.2) is 4.39 Å². The molecule has 1 heterocycles. The second kappa shape index (κ2) is 3.40. The molecule has 0 bridgehead atoms. The van der Waals surface area contributed by atoms with Crippen molar-refractivity contribution in [3.05, 3.63) is 29.1 Å². The van der Waals surface area contributed by atoms with Crippen molar-refractivity contribution in [3.63, 3.8) is 0 Å². The van der Waals surface area contributed by atoms with Crippen LogP contribution in [0.5, 0.6) is 5.75 Å². The minimum Gasteiger partial charge on any atom is -0.432 e. The van der Waals surface area contributed by atoms with E-state index in [9.17, 15) is 13.2 Å². The number of hydrogen-bond acceptors (Lipinski definition) is 1. The normalized spacial score (nSPS) is 27.1. The van der Waals surface area contributed by atoms with Gasteiger partial charge in [-0.05, 0) is 30.5 Å². The zero-order valence-electron chi connectivity index (χ0n) is 9.35.